The van der Waals surface area contributed by atoms with E-state index in [4.69, 9.17) is 10.5 Å². The van der Waals surface area contributed by atoms with Crippen LogP contribution in [-0.2, 0) is 17.8 Å². The molecule has 0 aliphatic carbocycles. The maximum absolute atomic E-state index is 6.17. The van der Waals surface area contributed by atoms with Gasteiger partial charge in [-0.3, -0.25) is 9.58 Å². The van der Waals surface area contributed by atoms with E-state index in [0.29, 0.717) is 12.6 Å². The van der Waals surface area contributed by atoms with E-state index < -0.39 is 0 Å². The summed E-state index contributed by atoms with van der Waals surface area (Å²) in [7, 11) is 1.71. The lowest BCUT2D eigenvalue weighted by atomic mass is 9.79. The van der Waals surface area contributed by atoms with Crippen molar-refractivity contribution < 1.29 is 4.74 Å². The van der Waals surface area contributed by atoms with Crippen molar-refractivity contribution in [1.29, 1.82) is 0 Å². The summed E-state index contributed by atoms with van der Waals surface area (Å²) in [5, 5.41) is 4.36. The van der Waals surface area contributed by atoms with Crippen LogP contribution in [0.4, 0.5) is 0 Å². The lowest BCUT2D eigenvalue weighted by molar-refractivity contribution is 0.0898. The number of nitrogens with zero attached hydrogens (tertiary/aromatic N) is 3. The molecule has 0 saturated carbocycles. The van der Waals surface area contributed by atoms with E-state index in [9.17, 15) is 0 Å². The molecule has 0 aromatic carbocycles. The topological polar surface area (TPSA) is 56.3 Å². The fourth-order valence-electron chi connectivity index (χ4n) is 2.67. The van der Waals surface area contributed by atoms with Gasteiger partial charge in [-0.15, -0.1) is 12.4 Å². The molecule has 2 heterocycles. The molecule has 0 bridgehead atoms. The van der Waals surface area contributed by atoms with Gasteiger partial charge in [0.1, 0.15) is 0 Å². The van der Waals surface area contributed by atoms with Crippen LogP contribution >= 0.6 is 12.4 Å². The molecule has 1 aromatic rings. The molecule has 1 atom stereocenters. The fourth-order valence-corrected chi connectivity index (χ4v) is 2.67. The second-order valence-corrected chi connectivity index (χ2v) is 6.20. The molecule has 1 aliphatic heterocycles. The first kappa shape index (κ1) is 17.4. The molecule has 116 valence electrons. The number of halogens is 1. The van der Waals surface area contributed by atoms with Crippen LogP contribution in [0.2, 0.25) is 0 Å². The van der Waals surface area contributed by atoms with Gasteiger partial charge >= 0.3 is 0 Å². The Labute approximate surface area is 127 Å². The molecule has 1 aromatic heterocycles. The van der Waals surface area contributed by atoms with Gasteiger partial charge in [0.2, 0.25) is 0 Å². The number of piperidine rings is 1. The molecular formula is C14H27ClN4O. The highest BCUT2D eigenvalue weighted by Crippen LogP contribution is 2.28. The molecule has 0 spiro atoms. The number of aromatic nitrogens is 2. The van der Waals surface area contributed by atoms with Crippen molar-refractivity contribution in [3.63, 3.8) is 0 Å². The van der Waals surface area contributed by atoms with Crippen molar-refractivity contribution in [3.8, 4) is 0 Å². The molecule has 1 saturated heterocycles. The first-order valence-electron chi connectivity index (χ1n) is 6.99. The maximum Gasteiger partial charge on any atom is 0.0658 e. The SMILES string of the molecule is COCCn1cc(CN2CCC(N)C(C)(C)C2)cn1.Cl. The Kier molecular flexibility index (Phi) is 6.45. The summed E-state index contributed by atoms with van der Waals surface area (Å²) in [6, 6.07) is 0.313. The summed E-state index contributed by atoms with van der Waals surface area (Å²) in [5.74, 6) is 0. The molecule has 1 unspecified atom stereocenters. The van der Waals surface area contributed by atoms with Crippen LogP contribution in [0.1, 0.15) is 25.8 Å². The highest BCUT2D eigenvalue weighted by Gasteiger charge is 2.33. The van der Waals surface area contributed by atoms with E-state index in [1.165, 1.54) is 5.56 Å². The Hall–Kier alpha value is -0.620. The highest BCUT2D eigenvalue weighted by molar-refractivity contribution is 5.85. The fraction of sp³-hybridized carbons (Fsp3) is 0.786. The van der Waals surface area contributed by atoms with Gasteiger partial charge in [0, 0.05) is 44.5 Å². The van der Waals surface area contributed by atoms with E-state index in [1.54, 1.807) is 7.11 Å². The summed E-state index contributed by atoms with van der Waals surface area (Å²) in [5.41, 5.74) is 7.63. The lowest BCUT2D eigenvalue weighted by Crippen LogP contribution is -2.51. The van der Waals surface area contributed by atoms with Gasteiger partial charge in [-0.25, -0.2) is 0 Å². The second-order valence-electron chi connectivity index (χ2n) is 6.20. The average molecular weight is 303 g/mol. The maximum atomic E-state index is 6.17. The summed E-state index contributed by atoms with van der Waals surface area (Å²) in [6.07, 6.45) is 5.14. The number of hydrogen-bond donors (Lipinski definition) is 1. The van der Waals surface area contributed by atoms with Gasteiger partial charge in [0.25, 0.3) is 0 Å². The van der Waals surface area contributed by atoms with Crippen LogP contribution in [0, 0.1) is 5.41 Å². The van der Waals surface area contributed by atoms with E-state index in [0.717, 1.165) is 32.6 Å². The summed E-state index contributed by atoms with van der Waals surface area (Å²) >= 11 is 0. The van der Waals surface area contributed by atoms with Crippen molar-refractivity contribution in [1.82, 2.24) is 14.7 Å². The summed E-state index contributed by atoms with van der Waals surface area (Å²) < 4.78 is 7.00. The molecule has 20 heavy (non-hydrogen) atoms. The van der Waals surface area contributed by atoms with Crippen LogP contribution in [0.25, 0.3) is 0 Å². The van der Waals surface area contributed by atoms with Gasteiger partial charge in [0.15, 0.2) is 0 Å². The predicted molar refractivity (Wildman–Crippen MR) is 83.0 cm³/mol. The number of nitrogens with two attached hydrogens (primary N) is 1. The third-order valence-corrected chi connectivity index (χ3v) is 4.01. The molecule has 1 fully saturated rings. The molecule has 2 rings (SSSR count). The largest absolute Gasteiger partial charge is 0.383 e. The molecule has 6 heteroatoms. The molecule has 0 radical (unpaired) electrons. The minimum atomic E-state index is 0. The van der Waals surface area contributed by atoms with Crippen molar-refractivity contribution in [3.05, 3.63) is 18.0 Å². The number of hydrogen-bond acceptors (Lipinski definition) is 4. The van der Waals surface area contributed by atoms with E-state index in [2.05, 4.69) is 30.0 Å². The number of ether oxygens (including phenoxy) is 1. The van der Waals surface area contributed by atoms with Gasteiger partial charge in [-0.1, -0.05) is 13.8 Å². The first-order chi connectivity index (χ1) is 9.01. The number of likely N-dealkylation sites (tertiary alicyclic amines) is 1. The molecule has 1 aliphatic rings. The van der Waals surface area contributed by atoms with Gasteiger partial charge in [0.05, 0.1) is 19.3 Å². The Morgan fingerprint density at radius 3 is 2.90 bits per heavy atom. The van der Waals surface area contributed by atoms with Crippen LogP contribution in [0.5, 0.6) is 0 Å². The van der Waals surface area contributed by atoms with Crippen LogP contribution in [0.3, 0.4) is 0 Å². The van der Waals surface area contributed by atoms with Crippen molar-refractivity contribution in [2.24, 2.45) is 11.1 Å². The predicted octanol–water partition coefficient (Wildman–Crippen LogP) is 1.51. The van der Waals surface area contributed by atoms with Crippen LogP contribution in [0.15, 0.2) is 12.4 Å². The number of rotatable bonds is 5. The minimum Gasteiger partial charge on any atom is -0.383 e. The van der Waals surface area contributed by atoms with Gasteiger partial charge in [-0.05, 0) is 11.8 Å². The van der Waals surface area contributed by atoms with Gasteiger partial charge in [-0.2, -0.15) is 5.10 Å². The van der Waals surface area contributed by atoms with E-state index >= 15 is 0 Å². The Morgan fingerprint density at radius 2 is 2.25 bits per heavy atom. The van der Waals surface area contributed by atoms with Gasteiger partial charge < -0.3 is 10.5 Å². The van der Waals surface area contributed by atoms with Crippen LogP contribution < -0.4 is 5.73 Å². The zero-order chi connectivity index (χ0) is 13.9. The van der Waals surface area contributed by atoms with Crippen molar-refractivity contribution in [2.75, 3.05) is 26.8 Å². The zero-order valence-corrected chi connectivity index (χ0v) is 13.5. The molecule has 2 N–H and O–H groups in total. The second kappa shape index (κ2) is 7.41. The molecule has 0 amide bonds. The average Bonchev–Trinajstić information content (AvgIpc) is 2.78. The summed E-state index contributed by atoms with van der Waals surface area (Å²) in [4.78, 5) is 2.47. The third-order valence-electron chi connectivity index (χ3n) is 4.01. The van der Waals surface area contributed by atoms with E-state index in [1.807, 2.05) is 10.9 Å². The normalized spacial score (nSPS) is 22.5. The number of methoxy groups -OCH3 is 1. The molecule has 5 nitrogen and oxygen atoms in total. The quantitative estimate of drug-likeness (QED) is 0.896. The Balaban J connectivity index is 0.00000200. The Bertz CT molecular complexity index is 408. The minimum absolute atomic E-state index is 0. The monoisotopic (exact) mass is 302 g/mol. The van der Waals surface area contributed by atoms with E-state index in [-0.39, 0.29) is 17.8 Å². The highest BCUT2D eigenvalue weighted by atomic mass is 35.5. The first-order valence-corrected chi connectivity index (χ1v) is 6.99. The van der Waals surface area contributed by atoms with Crippen molar-refractivity contribution in [2.45, 2.75) is 39.4 Å². The third kappa shape index (κ3) is 4.45. The standard InChI is InChI=1S/C14H26N4O.ClH/c1-14(2)11-17(5-4-13(14)15)9-12-8-16-18(10-12)6-7-19-3;/h8,10,13H,4-7,9,11,15H2,1-3H3;1H. The Morgan fingerprint density at radius 1 is 1.50 bits per heavy atom. The summed E-state index contributed by atoms with van der Waals surface area (Å²) in [6.45, 7) is 9.12. The van der Waals surface area contributed by atoms with Crippen molar-refractivity contribution >= 4 is 12.4 Å². The zero-order valence-electron chi connectivity index (χ0n) is 12.7. The molecular weight excluding hydrogens is 276 g/mol. The lowest BCUT2D eigenvalue weighted by Gasteiger charge is -2.42. The smallest absolute Gasteiger partial charge is 0.0658 e. The van der Waals surface area contributed by atoms with Crippen LogP contribution in [-0.4, -0.2) is 47.5 Å².